The van der Waals surface area contributed by atoms with E-state index in [4.69, 9.17) is 5.11 Å². The topological polar surface area (TPSA) is 66.4 Å². The van der Waals surface area contributed by atoms with E-state index in [0.29, 0.717) is 23.2 Å². The third-order valence-corrected chi connectivity index (χ3v) is 2.21. The molecule has 0 spiro atoms. The van der Waals surface area contributed by atoms with Gasteiger partial charge in [-0.2, -0.15) is 0 Å². The molecule has 0 aliphatic carbocycles. The van der Waals surface area contributed by atoms with Crippen LogP contribution in [0, 0.1) is 11.8 Å². The van der Waals surface area contributed by atoms with Gasteiger partial charge < -0.3 is 10.4 Å². The lowest BCUT2D eigenvalue weighted by atomic mass is 10.0. The van der Waals surface area contributed by atoms with Crippen molar-refractivity contribution in [2.24, 2.45) is 0 Å². The van der Waals surface area contributed by atoms with E-state index in [1.165, 1.54) is 0 Å². The fraction of sp³-hybridized carbons (Fsp3) is 0.167. The summed E-state index contributed by atoms with van der Waals surface area (Å²) in [6, 6.07) is 5.07. The summed E-state index contributed by atoms with van der Waals surface area (Å²) in [7, 11) is 0. The zero-order chi connectivity index (χ0) is 11.5. The van der Waals surface area contributed by atoms with Crippen molar-refractivity contribution in [3.05, 3.63) is 29.3 Å². The maximum Gasteiger partial charge on any atom is 0.296 e. The molecule has 2 N–H and O–H groups in total. The molecule has 2 rings (SSSR count). The van der Waals surface area contributed by atoms with E-state index in [1.807, 2.05) is 0 Å². The van der Waals surface area contributed by atoms with Crippen molar-refractivity contribution in [3.63, 3.8) is 0 Å². The van der Waals surface area contributed by atoms with Crippen LogP contribution in [-0.2, 0) is 4.79 Å². The first-order valence-electron chi connectivity index (χ1n) is 4.82. The molecule has 1 aliphatic heterocycles. The van der Waals surface area contributed by atoms with Gasteiger partial charge in [-0.25, -0.2) is 0 Å². The van der Waals surface area contributed by atoms with Gasteiger partial charge in [0.1, 0.15) is 0 Å². The third kappa shape index (κ3) is 1.69. The number of hydrogen-bond donors (Lipinski definition) is 2. The van der Waals surface area contributed by atoms with E-state index in [2.05, 4.69) is 17.2 Å². The number of nitrogens with one attached hydrogen (secondary N) is 1. The highest BCUT2D eigenvalue weighted by atomic mass is 16.2. The zero-order valence-corrected chi connectivity index (χ0v) is 8.41. The summed E-state index contributed by atoms with van der Waals surface area (Å²) < 4.78 is 0. The summed E-state index contributed by atoms with van der Waals surface area (Å²) in [6.45, 7) is -0.0207. The molecule has 0 radical (unpaired) electrons. The molecule has 0 atom stereocenters. The minimum atomic E-state index is -0.619. The Hall–Kier alpha value is -2.12. The maximum absolute atomic E-state index is 11.5. The van der Waals surface area contributed by atoms with E-state index >= 15 is 0 Å². The summed E-state index contributed by atoms with van der Waals surface area (Å²) in [6.07, 6.45) is 0.346. The molecule has 1 aliphatic rings. The Morgan fingerprint density at radius 2 is 2.12 bits per heavy atom. The van der Waals surface area contributed by atoms with Gasteiger partial charge in [-0.1, -0.05) is 17.9 Å². The number of rotatable bonds is 1. The number of anilines is 1. The van der Waals surface area contributed by atoms with Gasteiger partial charge in [-0.15, -0.1) is 0 Å². The van der Waals surface area contributed by atoms with Crippen LogP contribution in [0.1, 0.15) is 22.3 Å². The lowest BCUT2D eigenvalue weighted by Gasteiger charge is -1.98. The first-order valence-corrected chi connectivity index (χ1v) is 4.82. The molecule has 4 heteroatoms. The number of carbonyl (C=O) groups excluding carboxylic acids is 2. The zero-order valence-electron chi connectivity index (χ0n) is 8.41. The van der Waals surface area contributed by atoms with Crippen molar-refractivity contribution in [3.8, 4) is 11.8 Å². The average Bonchev–Trinajstić information content (AvgIpc) is 2.56. The van der Waals surface area contributed by atoms with Crippen molar-refractivity contribution in [1.29, 1.82) is 0 Å². The number of ketones is 1. The second-order valence-corrected chi connectivity index (χ2v) is 3.29. The lowest BCUT2D eigenvalue weighted by molar-refractivity contribution is -0.112. The van der Waals surface area contributed by atoms with Gasteiger partial charge in [-0.3, -0.25) is 9.59 Å². The Morgan fingerprint density at radius 1 is 1.31 bits per heavy atom. The number of aliphatic hydroxyl groups excluding tert-OH is 1. The van der Waals surface area contributed by atoms with Crippen LogP contribution in [0.4, 0.5) is 5.69 Å². The quantitative estimate of drug-likeness (QED) is 0.531. The number of benzene rings is 1. The standard InChI is InChI=1S/C12H9NO3/c14-7-2-1-4-8-5-3-6-9-10(8)11(15)12(16)13-9/h3,5-6,14H,2,7H2,(H,13,15,16). The van der Waals surface area contributed by atoms with Crippen LogP contribution >= 0.6 is 0 Å². The molecule has 0 saturated carbocycles. The van der Waals surface area contributed by atoms with Crippen LogP contribution in [0.15, 0.2) is 18.2 Å². The normalized spacial score (nSPS) is 12.8. The number of hydrogen-bond acceptors (Lipinski definition) is 3. The molecule has 0 bridgehead atoms. The van der Waals surface area contributed by atoms with Gasteiger partial charge in [0.15, 0.2) is 0 Å². The Balaban J connectivity index is 2.44. The molecule has 0 aromatic heterocycles. The molecular formula is C12H9NO3. The van der Waals surface area contributed by atoms with E-state index in [9.17, 15) is 9.59 Å². The number of carbonyl (C=O) groups is 2. The minimum absolute atomic E-state index is 0.0207. The Bertz CT molecular complexity index is 523. The van der Waals surface area contributed by atoms with Crippen molar-refractivity contribution < 1.29 is 14.7 Å². The minimum Gasteiger partial charge on any atom is -0.395 e. The van der Waals surface area contributed by atoms with Crippen LogP contribution in [-0.4, -0.2) is 23.4 Å². The van der Waals surface area contributed by atoms with Crippen molar-refractivity contribution >= 4 is 17.4 Å². The smallest absolute Gasteiger partial charge is 0.296 e. The highest BCUT2D eigenvalue weighted by molar-refractivity contribution is 6.52. The van der Waals surface area contributed by atoms with Gasteiger partial charge in [0.05, 0.1) is 17.9 Å². The molecule has 1 heterocycles. The largest absolute Gasteiger partial charge is 0.395 e. The molecule has 16 heavy (non-hydrogen) atoms. The Morgan fingerprint density at radius 3 is 2.88 bits per heavy atom. The second kappa shape index (κ2) is 4.17. The van der Waals surface area contributed by atoms with Crippen LogP contribution in [0.2, 0.25) is 0 Å². The SMILES string of the molecule is O=C1Nc2cccc(C#CCCO)c2C1=O. The average molecular weight is 215 g/mol. The third-order valence-electron chi connectivity index (χ3n) is 2.21. The Labute approximate surface area is 92.3 Å². The second-order valence-electron chi connectivity index (χ2n) is 3.29. The maximum atomic E-state index is 11.5. The summed E-state index contributed by atoms with van der Waals surface area (Å²) in [5, 5.41) is 11.1. The molecule has 1 amide bonds. The van der Waals surface area contributed by atoms with E-state index in [-0.39, 0.29) is 6.61 Å². The monoisotopic (exact) mass is 215 g/mol. The summed E-state index contributed by atoms with van der Waals surface area (Å²) >= 11 is 0. The first kappa shape index (κ1) is 10.4. The molecule has 0 fully saturated rings. The number of Topliss-reactive ketones (excluding diaryl/α,β-unsaturated/α-hetero) is 1. The summed E-state index contributed by atoms with van der Waals surface area (Å²) in [4.78, 5) is 22.7. The molecule has 80 valence electrons. The summed E-state index contributed by atoms with van der Waals surface area (Å²) in [5.41, 5.74) is 1.36. The van der Waals surface area contributed by atoms with E-state index in [0.717, 1.165) is 0 Å². The molecule has 0 saturated heterocycles. The fourth-order valence-electron chi connectivity index (χ4n) is 1.51. The van der Waals surface area contributed by atoms with Gasteiger partial charge in [0.2, 0.25) is 0 Å². The van der Waals surface area contributed by atoms with Crippen LogP contribution in [0.5, 0.6) is 0 Å². The van der Waals surface area contributed by atoms with Gasteiger partial charge >= 0.3 is 0 Å². The van der Waals surface area contributed by atoms with Crippen molar-refractivity contribution in [2.45, 2.75) is 6.42 Å². The van der Waals surface area contributed by atoms with Crippen LogP contribution < -0.4 is 5.32 Å². The molecule has 1 aromatic rings. The van der Waals surface area contributed by atoms with E-state index in [1.54, 1.807) is 18.2 Å². The lowest BCUT2D eigenvalue weighted by Crippen LogP contribution is -2.12. The number of aliphatic hydroxyl groups is 1. The number of amides is 1. The molecule has 1 aromatic carbocycles. The molecule has 0 unspecified atom stereocenters. The van der Waals surface area contributed by atoms with Crippen molar-refractivity contribution in [2.75, 3.05) is 11.9 Å². The van der Waals surface area contributed by atoms with Crippen molar-refractivity contribution in [1.82, 2.24) is 0 Å². The molecular weight excluding hydrogens is 206 g/mol. The van der Waals surface area contributed by atoms with Crippen LogP contribution in [0.3, 0.4) is 0 Å². The fourth-order valence-corrected chi connectivity index (χ4v) is 1.51. The Kier molecular flexibility index (Phi) is 2.71. The van der Waals surface area contributed by atoms with Crippen LogP contribution in [0.25, 0.3) is 0 Å². The van der Waals surface area contributed by atoms with Gasteiger partial charge in [-0.05, 0) is 12.1 Å². The highest BCUT2D eigenvalue weighted by Crippen LogP contribution is 2.25. The predicted molar refractivity (Wildman–Crippen MR) is 58.0 cm³/mol. The summed E-state index contributed by atoms with van der Waals surface area (Å²) in [5.74, 6) is 4.33. The molecule has 4 nitrogen and oxygen atoms in total. The first-order chi connectivity index (χ1) is 7.74. The van der Waals surface area contributed by atoms with Gasteiger partial charge in [0, 0.05) is 12.0 Å². The van der Waals surface area contributed by atoms with E-state index < -0.39 is 11.7 Å². The predicted octanol–water partition coefficient (Wildman–Crippen LogP) is 0.555. The number of fused-ring (bicyclic) bond motifs is 1. The highest BCUT2D eigenvalue weighted by Gasteiger charge is 2.29. The van der Waals surface area contributed by atoms with Gasteiger partial charge in [0.25, 0.3) is 11.7 Å².